The SMILES string of the molecule is CCCC(O)(CCC)CNC(=O)c1cncc(C)c1. The maximum absolute atomic E-state index is 12.0. The Labute approximate surface area is 115 Å². The molecule has 1 aromatic heterocycles. The first kappa shape index (κ1) is 15.6. The van der Waals surface area contributed by atoms with Crippen LogP contribution in [-0.4, -0.2) is 28.1 Å². The van der Waals surface area contributed by atoms with Crippen LogP contribution >= 0.6 is 0 Å². The number of pyridine rings is 1. The van der Waals surface area contributed by atoms with Crippen LogP contribution in [0.4, 0.5) is 0 Å². The minimum absolute atomic E-state index is 0.179. The Kier molecular flexibility index (Phi) is 5.96. The van der Waals surface area contributed by atoms with E-state index in [1.165, 1.54) is 0 Å². The second kappa shape index (κ2) is 7.24. The van der Waals surface area contributed by atoms with E-state index in [1.807, 2.05) is 20.8 Å². The Balaban J connectivity index is 2.61. The Morgan fingerprint density at radius 2 is 1.95 bits per heavy atom. The van der Waals surface area contributed by atoms with Gasteiger partial charge >= 0.3 is 0 Å². The summed E-state index contributed by atoms with van der Waals surface area (Å²) < 4.78 is 0. The van der Waals surface area contributed by atoms with E-state index in [2.05, 4.69) is 10.3 Å². The number of nitrogens with zero attached hydrogens (tertiary/aromatic N) is 1. The van der Waals surface area contributed by atoms with E-state index in [0.717, 1.165) is 18.4 Å². The Bertz CT molecular complexity index is 412. The molecule has 0 atom stereocenters. The van der Waals surface area contributed by atoms with E-state index in [9.17, 15) is 9.90 Å². The summed E-state index contributed by atoms with van der Waals surface area (Å²) in [7, 11) is 0. The van der Waals surface area contributed by atoms with Gasteiger partial charge in [0.05, 0.1) is 11.2 Å². The van der Waals surface area contributed by atoms with Crippen molar-refractivity contribution < 1.29 is 9.90 Å². The van der Waals surface area contributed by atoms with Gasteiger partial charge in [-0.15, -0.1) is 0 Å². The average Bonchev–Trinajstić information content (AvgIpc) is 2.37. The Hall–Kier alpha value is -1.42. The lowest BCUT2D eigenvalue weighted by atomic mass is 9.92. The van der Waals surface area contributed by atoms with Gasteiger partial charge in [-0.25, -0.2) is 0 Å². The van der Waals surface area contributed by atoms with E-state index in [4.69, 9.17) is 0 Å². The van der Waals surface area contributed by atoms with Crippen molar-refractivity contribution in [1.82, 2.24) is 10.3 Å². The fraction of sp³-hybridized carbons (Fsp3) is 0.600. The summed E-state index contributed by atoms with van der Waals surface area (Å²) in [6.45, 7) is 6.26. The summed E-state index contributed by atoms with van der Waals surface area (Å²) in [6.07, 6.45) is 6.46. The van der Waals surface area contributed by atoms with Gasteiger partial charge in [0.2, 0.25) is 0 Å². The molecule has 0 aliphatic heterocycles. The molecule has 0 radical (unpaired) electrons. The molecule has 2 N–H and O–H groups in total. The van der Waals surface area contributed by atoms with E-state index in [-0.39, 0.29) is 5.91 Å². The van der Waals surface area contributed by atoms with Crippen LogP contribution in [0.3, 0.4) is 0 Å². The molecule has 1 rings (SSSR count). The third kappa shape index (κ3) is 4.99. The van der Waals surface area contributed by atoms with Gasteiger partial charge in [-0.3, -0.25) is 9.78 Å². The van der Waals surface area contributed by atoms with Gasteiger partial charge < -0.3 is 10.4 Å². The predicted molar refractivity (Wildman–Crippen MR) is 76.1 cm³/mol. The second-order valence-corrected chi connectivity index (χ2v) is 5.16. The maximum Gasteiger partial charge on any atom is 0.252 e. The third-order valence-corrected chi connectivity index (χ3v) is 3.15. The van der Waals surface area contributed by atoms with E-state index < -0.39 is 5.60 Å². The van der Waals surface area contributed by atoms with Gasteiger partial charge in [-0.05, 0) is 31.4 Å². The van der Waals surface area contributed by atoms with Crippen LogP contribution in [0, 0.1) is 6.92 Å². The zero-order valence-electron chi connectivity index (χ0n) is 12.1. The quantitative estimate of drug-likeness (QED) is 0.795. The van der Waals surface area contributed by atoms with Crippen molar-refractivity contribution in [3.63, 3.8) is 0 Å². The van der Waals surface area contributed by atoms with Crippen LogP contribution in [0.15, 0.2) is 18.5 Å². The number of rotatable bonds is 7. The molecule has 0 fully saturated rings. The average molecular weight is 264 g/mol. The van der Waals surface area contributed by atoms with Crippen LogP contribution < -0.4 is 5.32 Å². The number of amides is 1. The third-order valence-electron chi connectivity index (χ3n) is 3.15. The molecule has 0 spiro atoms. The van der Waals surface area contributed by atoms with Crippen molar-refractivity contribution in [3.05, 3.63) is 29.6 Å². The van der Waals surface area contributed by atoms with Crippen molar-refractivity contribution in [2.24, 2.45) is 0 Å². The minimum Gasteiger partial charge on any atom is -0.388 e. The molecule has 0 saturated heterocycles. The molecule has 0 aliphatic carbocycles. The van der Waals surface area contributed by atoms with Crippen molar-refractivity contribution in [3.8, 4) is 0 Å². The molecule has 0 aliphatic rings. The molecule has 4 heteroatoms. The molecule has 19 heavy (non-hydrogen) atoms. The zero-order valence-corrected chi connectivity index (χ0v) is 12.1. The lowest BCUT2D eigenvalue weighted by Gasteiger charge is -2.27. The van der Waals surface area contributed by atoms with Gasteiger partial charge in [0.25, 0.3) is 5.91 Å². The fourth-order valence-electron chi connectivity index (χ4n) is 2.26. The fourth-order valence-corrected chi connectivity index (χ4v) is 2.26. The smallest absolute Gasteiger partial charge is 0.252 e. The molecular formula is C15H24N2O2. The molecule has 1 aromatic rings. The number of aromatic nitrogens is 1. The Morgan fingerprint density at radius 1 is 1.32 bits per heavy atom. The zero-order chi connectivity index (χ0) is 14.3. The Morgan fingerprint density at radius 3 is 2.47 bits per heavy atom. The molecule has 0 unspecified atom stereocenters. The first-order valence-corrected chi connectivity index (χ1v) is 6.93. The van der Waals surface area contributed by atoms with Crippen LogP contribution in [0.1, 0.15) is 55.5 Å². The monoisotopic (exact) mass is 264 g/mol. The highest BCUT2D eigenvalue weighted by atomic mass is 16.3. The maximum atomic E-state index is 12.0. The predicted octanol–water partition coefficient (Wildman–Crippen LogP) is 2.45. The molecule has 0 aromatic carbocycles. The van der Waals surface area contributed by atoms with Crippen molar-refractivity contribution in [2.75, 3.05) is 6.54 Å². The highest BCUT2D eigenvalue weighted by Gasteiger charge is 2.25. The van der Waals surface area contributed by atoms with E-state index in [1.54, 1.807) is 18.5 Å². The van der Waals surface area contributed by atoms with Gasteiger partial charge in [-0.2, -0.15) is 0 Å². The van der Waals surface area contributed by atoms with Crippen LogP contribution in [-0.2, 0) is 0 Å². The van der Waals surface area contributed by atoms with E-state index >= 15 is 0 Å². The van der Waals surface area contributed by atoms with Crippen molar-refractivity contribution in [2.45, 2.75) is 52.1 Å². The first-order chi connectivity index (χ1) is 9.00. The highest BCUT2D eigenvalue weighted by Crippen LogP contribution is 2.18. The topological polar surface area (TPSA) is 62.2 Å². The normalized spacial score (nSPS) is 11.4. The molecule has 0 bridgehead atoms. The number of hydrogen-bond acceptors (Lipinski definition) is 3. The van der Waals surface area contributed by atoms with Crippen molar-refractivity contribution in [1.29, 1.82) is 0 Å². The summed E-state index contributed by atoms with van der Waals surface area (Å²) in [6, 6.07) is 1.79. The van der Waals surface area contributed by atoms with Gasteiger partial charge in [0.1, 0.15) is 0 Å². The second-order valence-electron chi connectivity index (χ2n) is 5.16. The molecule has 4 nitrogen and oxygen atoms in total. The number of hydrogen-bond donors (Lipinski definition) is 2. The summed E-state index contributed by atoms with van der Waals surface area (Å²) >= 11 is 0. The highest BCUT2D eigenvalue weighted by molar-refractivity contribution is 5.94. The molecule has 106 valence electrons. The standard InChI is InChI=1S/C15H24N2O2/c1-4-6-15(19,7-5-2)11-17-14(18)13-8-12(3)9-16-10-13/h8-10,19H,4-7,11H2,1-3H3,(H,17,18). The number of aryl methyl sites for hydroxylation is 1. The largest absolute Gasteiger partial charge is 0.388 e. The summed E-state index contributed by atoms with van der Waals surface area (Å²) in [5.41, 5.74) is 0.691. The van der Waals surface area contributed by atoms with E-state index in [0.29, 0.717) is 24.9 Å². The van der Waals surface area contributed by atoms with Gasteiger partial charge in [0, 0.05) is 18.9 Å². The summed E-state index contributed by atoms with van der Waals surface area (Å²) in [4.78, 5) is 16.0. The number of carbonyl (C=O) groups excluding carboxylic acids is 1. The van der Waals surface area contributed by atoms with Gasteiger partial charge in [0.15, 0.2) is 0 Å². The molecular weight excluding hydrogens is 240 g/mol. The number of aliphatic hydroxyl groups is 1. The molecule has 1 amide bonds. The van der Waals surface area contributed by atoms with Gasteiger partial charge in [-0.1, -0.05) is 26.7 Å². The molecule has 1 heterocycles. The van der Waals surface area contributed by atoms with Crippen LogP contribution in [0.2, 0.25) is 0 Å². The van der Waals surface area contributed by atoms with Crippen molar-refractivity contribution >= 4 is 5.91 Å². The summed E-state index contributed by atoms with van der Waals surface area (Å²) in [5, 5.41) is 13.2. The minimum atomic E-state index is -0.795. The lowest BCUT2D eigenvalue weighted by molar-refractivity contribution is 0.0213. The number of nitrogens with one attached hydrogen (secondary N) is 1. The number of carbonyl (C=O) groups is 1. The summed E-state index contributed by atoms with van der Waals surface area (Å²) in [5.74, 6) is -0.179. The van der Waals surface area contributed by atoms with Crippen LogP contribution in [0.5, 0.6) is 0 Å². The lowest BCUT2D eigenvalue weighted by Crippen LogP contribution is -2.42. The van der Waals surface area contributed by atoms with Crippen LogP contribution in [0.25, 0.3) is 0 Å². The molecule has 0 saturated carbocycles. The first-order valence-electron chi connectivity index (χ1n) is 6.93.